The topological polar surface area (TPSA) is 41.6 Å². The fourth-order valence-corrected chi connectivity index (χ4v) is 4.92. The number of anilines is 1. The quantitative estimate of drug-likeness (QED) is 0.672. The van der Waals surface area contributed by atoms with Gasteiger partial charge in [0.15, 0.2) is 0 Å². The number of benzene rings is 3. The minimum atomic E-state index is -0.0931. The Morgan fingerprint density at radius 3 is 2.30 bits per heavy atom. The second-order valence-electron chi connectivity index (χ2n) is 7.78. The van der Waals surface area contributed by atoms with Crippen molar-refractivity contribution in [2.24, 2.45) is 0 Å². The van der Waals surface area contributed by atoms with E-state index in [2.05, 4.69) is 41.7 Å². The Labute approximate surface area is 175 Å². The number of nitrogens with one attached hydrogen (secondary N) is 1. The van der Waals surface area contributed by atoms with Gasteiger partial charge < -0.3 is 10.1 Å². The molecule has 4 heteroatoms. The van der Waals surface area contributed by atoms with Crippen LogP contribution in [0.4, 0.5) is 5.69 Å². The molecule has 0 unspecified atom stereocenters. The van der Waals surface area contributed by atoms with E-state index in [9.17, 15) is 4.79 Å². The highest BCUT2D eigenvalue weighted by Crippen LogP contribution is 2.51. The first-order valence-corrected chi connectivity index (χ1v) is 10.1. The van der Waals surface area contributed by atoms with Gasteiger partial charge in [0.2, 0.25) is 0 Å². The maximum Gasteiger partial charge on any atom is 0.259 e. The van der Waals surface area contributed by atoms with Crippen LogP contribution in [0.1, 0.15) is 33.1 Å². The first-order valence-electron chi connectivity index (χ1n) is 10.1. The molecule has 3 aromatic carbocycles. The third-order valence-corrected chi connectivity index (χ3v) is 6.26. The summed E-state index contributed by atoms with van der Waals surface area (Å²) in [4.78, 5) is 15.4. The number of fused-ring (bicyclic) bond motifs is 7. The summed E-state index contributed by atoms with van der Waals surface area (Å²) in [6.45, 7) is 0. The SMILES string of the molecule is COc1ccc(N[C@H]2c3ccccc3C3=CC=C4c5ccccc5C(=O)N4[C@@H]32)cc1. The number of ether oxygens (including phenoxy) is 1. The fraction of sp³-hybridized carbons (Fsp3) is 0.115. The van der Waals surface area contributed by atoms with Gasteiger partial charge in [-0.05, 0) is 53.1 Å². The summed E-state index contributed by atoms with van der Waals surface area (Å²) in [5.74, 6) is 0.891. The molecule has 6 rings (SSSR count). The van der Waals surface area contributed by atoms with E-state index in [1.807, 2.05) is 53.4 Å². The van der Waals surface area contributed by atoms with Gasteiger partial charge in [0, 0.05) is 16.8 Å². The number of allylic oxidation sites excluding steroid dienone is 2. The zero-order chi connectivity index (χ0) is 20.2. The number of carbonyl (C=O) groups is 1. The Balaban J connectivity index is 1.47. The average molecular weight is 392 g/mol. The van der Waals surface area contributed by atoms with Crippen molar-refractivity contribution in [2.75, 3.05) is 12.4 Å². The molecule has 0 radical (unpaired) electrons. The predicted molar refractivity (Wildman–Crippen MR) is 118 cm³/mol. The molecule has 1 N–H and O–H groups in total. The molecule has 2 aliphatic heterocycles. The molecule has 1 amide bonds. The van der Waals surface area contributed by atoms with Crippen LogP contribution in [0.25, 0.3) is 11.3 Å². The molecule has 0 bridgehead atoms. The second kappa shape index (κ2) is 6.36. The van der Waals surface area contributed by atoms with E-state index in [1.54, 1.807) is 7.11 Å². The summed E-state index contributed by atoms with van der Waals surface area (Å²) >= 11 is 0. The van der Waals surface area contributed by atoms with E-state index < -0.39 is 0 Å². The number of amides is 1. The van der Waals surface area contributed by atoms with Crippen LogP contribution in [-0.2, 0) is 0 Å². The average Bonchev–Trinajstić information content (AvgIpc) is 3.27. The van der Waals surface area contributed by atoms with Gasteiger partial charge in [-0.15, -0.1) is 0 Å². The zero-order valence-corrected chi connectivity index (χ0v) is 16.5. The molecular formula is C26H20N2O2. The first kappa shape index (κ1) is 17.1. The Kier molecular flexibility index (Phi) is 3.62. The predicted octanol–water partition coefficient (Wildman–Crippen LogP) is 5.12. The highest BCUT2D eigenvalue weighted by molar-refractivity contribution is 6.12. The van der Waals surface area contributed by atoms with Crippen molar-refractivity contribution in [3.8, 4) is 5.75 Å². The van der Waals surface area contributed by atoms with Gasteiger partial charge in [0.25, 0.3) is 5.91 Å². The molecule has 0 aromatic heterocycles. The van der Waals surface area contributed by atoms with Gasteiger partial charge in [-0.25, -0.2) is 0 Å². The summed E-state index contributed by atoms with van der Waals surface area (Å²) in [6, 6.07) is 24.1. The summed E-state index contributed by atoms with van der Waals surface area (Å²) < 4.78 is 5.29. The van der Waals surface area contributed by atoms with Crippen LogP contribution < -0.4 is 10.1 Å². The van der Waals surface area contributed by atoms with Gasteiger partial charge in [-0.3, -0.25) is 9.69 Å². The summed E-state index contributed by atoms with van der Waals surface area (Å²) in [7, 11) is 1.67. The van der Waals surface area contributed by atoms with Crippen LogP contribution in [0.5, 0.6) is 5.75 Å². The Bertz CT molecular complexity index is 1240. The van der Waals surface area contributed by atoms with E-state index >= 15 is 0 Å². The highest BCUT2D eigenvalue weighted by atomic mass is 16.5. The number of hydrogen-bond acceptors (Lipinski definition) is 3. The number of carbonyl (C=O) groups excluding carboxylic acids is 1. The Morgan fingerprint density at radius 1 is 0.833 bits per heavy atom. The van der Waals surface area contributed by atoms with E-state index in [4.69, 9.17) is 4.74 Å². The lowest BCUT2D eigenvalue weighted by Gasteiger charge is -2.34. The summed E-state index contributed by atoms with van der Waals surface area (Å²) in [5.41, 5.74) is 7.36. The minimum Gasteiger partial charge on any atom is -0.497 e. The van der Waals surface area contributed by atoms with Crippen LogP contribution in [0.2, 0.25) is 0 Å². The highest BCUT2D eigenvalue weighted by Gasteiger charge is 2.48. The fourth-order valence-electron chi connectivity index (χ4n) is 4.92. The monoisotopic (exact) mass is 392 g/mol. The molecule has 3 aromatic rings. The molecule has 0 fully saturated rings. The smallest absolute Gasteiger partial charge is 0.259 e. The lowest BCUT2D eigenvalue weighted by Crippen LogP contribution is -2.40. The van der Waals surface area contributed by atoms with Gasteiger partial charge in [-0.1, -0.05) is 48.5 Å². The summed E-state index contributed by atoms with van der Waals surface area (Å²) in [5, 5.41) is 3.69. The molecule has 0 saturated heterocycles. The second-order valence-corrected chi connectivity index (χ2v) is 7.78. The van der Waals surface area contributed by atoms with Crippen LogP contribution in [0, 0.1) is 0 Å². The van der Waals surface area contributed by atoms with E-state index in [0.717, 1.165) is 28.3 Å². The van der Waals surface area contributed by atoms with Crippen LogP contribution in [-0.4, -0.2) is 24.0 Å². The van der Waals surface area contributed by atoms with Crippen molar-refractivity contribution in [2.45, 2.75) is 12.1 Å². The van der Waals surface area contributed by atoms with E-state index in [-0.39, 0.29) is 18.0 Å². The minimum absolute atomic E-state index is 0.0391. The lowest BCUT2D eigenvalue weighted by atomic mass is 9.98. The largest absolute Gasteiger partial charge is 0.497 e. The van der Waals surface area contributed by atoms with Crippen LogP contribution >= 0.6 is 0 Å². The molecule has 2 heterocycles. The molecule has 30 heavy (non-hydrogen) atoms. The lowest BCUT2D eigenvalue weighted by molar-refractivity contribution is 0.0821. The standard InChI is InChI=1S/C26H20N2O2/c1-30-17-12-10-16(11-13-17)27-24-20-8-4-2-6-18(20)21-14-15-23-19-7-3-5-9-22(19)26(29)28(23)25(21)24/h2-15,24-25,27H,1H3/t24-,25-/m0/s1. The van der Waals surface area contributed by atoms with Gasteiger partial charge in [-0.2, -0.15) is 0 Å². The van der Waals surface area contributed by atoms with Gasteiger partial charge in [0.05, 0.1) is 24.9 Å². The number of nitrogens with zero attached hydrogens (tertiary/aromatic N) is 1. The van der Waals surface area contributed by atoms with Crippen molar-refractivity contribution < 1.29 is 9.53 Å². The molecule has 0 saturated carbocycles. The molecule has 0 spiro atoms. The molecule has 146 valence electrons. The molecule has 2 atom stereocenters. The zero-order valence-electron chi connectivity index (χ0n) is 16.5. The summed E-state index contributed by atoms with van der Waals surface area (Å²) in [6.07, 6.45) is 4.27. The van der Waals surface area contributed by atoms with Crippen molar-refractivity contribution >= 4 is 22.9 Å². The maximum absolute atomic E-state index is 13.4. The Hall–Kier alpha value is -3.79. The molecule has 4 nitrogen and oxygen atoms in total. The van der Waals surface area contributed by atoms with E-state index in [0.29, 0.717) is 0 Å². The maximum atomic E-state index is 13.4. The normalized spacial score (nSPS) is 20.6. The van der Waals surface area contributed by atoms with E-state index in [1.165, 1.54) is 16.7 Å². The molecule has 3 aliphatic rings. The first-order chi connectivity index (χ1) is 14.8. The number of rotatable bonds is 3. The molecule has 1 aliphatic carbocycles. The number of methoxy groups -OCH3 is 1. The Morgan fingerprint density at radius 2 is 1.53 bits per heavy atom. The van der Waals surface area contributed by atoms with Crippen LogP contribution in [0.15, 0.2) is 84.9 Å². The third-order valence-electron chi connectivity index (χ3n) is 6.26. The van der Waals surface area contributed by atoms with Crippen molar-refractivity contribution in [1.29, 1.82) is 0 Å². The van der Waals surface area contributed by atoms with Gasteiger partial charge >= 0.3 is 0 Å². The third kappa shape index (κ3) is 2.31. The van der Waals surface area contributed by atoms with Crippen LogP contribution in [0.3, 0.4) is 0 Å². The van der Waals surface area contributed by atoms with Crippen molar-refractivity contribution in [3.05, 3.63) is 107 Å². The van der Waals surface area contributed by atoms with Crippen molar-refractivity contribution in [1.82, 2.24) is 4.90 Å². The number of hydrogen-bond donors (Lipinski definition) is 1. The molecular weight excluding hydrogens is 372 g/mol. The van der Waals surface area contributed by atoms with Gasteiger partial charge in [0.1, 0.15) is 5.75 Å². The van der Waals surface area contributed by atoms with Crippen molar-refractivity contribution in [3.63, 3.8) is 0 Å².